The molecule has 106 valence electrons. The highest BCUT2D eigenvalue weighted by Crippen LogP contribution is 2.17. The van der Waals surface area contributed by atoms with Crippen LogP contribution in [0.5, 0.6) is 0 Å². The minimum Gasteiger partial charge on any atom is -0.351 e. The Hall–Kier alpha value is -0.920. The zero-order valence-electron chi connectivity index (χ0n) is 11.1. The average Bonchev–Trinajstić information content (AvgIpc) is 2.32. The van der Waals surface area contributed by atoms with Crippen molar-refractivity contribution in [2.75, 3.05) is 26.4 Å². The van der Waals surface area contributed by atoms with E-state index in [1.54, 1.807) is 12.1 Å². The van der Waals surface area contributed by atoms with E-state index in [9.17, 15) is 13.2 Å². The van der Waals surface area contributed by atoms with Gasteiger partial charge in [-0.05, 0) is 24.6 Å². The zero-order valence-corrected chi connectivity index (χ0v) is 13.5. The summed E-state index contributed by atoms with van der Waals surface area (Å²) in [6.07, 6.45) is 0. The Labute approximate surface area is 122 Å². The molecule has 0 saturated heterocycles. The van der Waals surface area contributed by atoms with Crippen molar-refractivity contribution in [3.05, 3.63) is 33.8 Å². The molecule has 0 spiro atoms. The molecule has 0 unspecified atom stereocenters. The lowest BCUT2D eigenvalue weighted by Crippen LogP contribution is -2.33. The molecule has 0 radical (unpaired) electrons. The van der Waals surface area contributed by atoms with E-state index in [2.05, 4.69) is 21.2 Å². The number of hydrogen-bond acceptors (Lipinski definition) is 3. The maximum absolute atomic E-state index is 11.8. The van der Waals surface area contributed by atoms with E-state index in [0.29, 0.717) is 5.56 Å². The van der Waals surface area contributed by atoms with Gasteiger partial charge in [0.25, 0.3) is 5.91 Å². The molecule has 1 rings (SSSR count). The molecule has 0 heterocycles. The predicted octanol–water partition coefficient (Wildman–Crippen LogP) is 1.38. The van der Waals surface area contributed by atoms with Crippen molar-refractivity contribution in [2.45, 2.75) is 6.92 Å². The summed E-state index contributed by atoms with van der Waals surface area (Å²) in [6.45, 7) is 2.01. The van der Waals surface area contributed by atoms with Crippen molar-refractivity contribution in [3.63, 3.8) is 0 Å². The summed E-state index contributed by atoms with van der Waals surface area (Å²) >= 11 is 3.35. The fourth-order valence-electron chi connectivity index (χ4n) is 1.31. The molecular formula is C12H17BrN2O3S. The van der Waals surface area contributed by atoms with Crippen LogP contribution in [0.3, 0.4) is 0 Å². The molecule has 7 heteroatoms. The molecule has 1 aromatic carbocycles. The van der Waals surface area contributed by atoms with Gasteiger partial charge in [0.2, 0.25) is 10.0 Å². The maximum Gasteiger partial charge on any atom is 0.251 e. The van der Waals surface area contributed by atoms with E-state index in [4.69, 9.17) is 0 Å². The van der Waals surface area contributed by atoms with Crippen molar-refractivity contribution >= 4 is 31.9 Å². The van der Waals surface area contributed by atoms with E-state index in [1.807, 2.05) is 13.0 Å². The summed E-state index contributed by atoms with van der Waals surface area (Å²) in [6, 6.07) is 5.25. The van der Waals surface area contributed by atoms with Crippen LogP contribution in [0.4, 0.5) is 0 Å². The number of nitrogens with zero attached hydrogens (tertiary/aromatic N) is 1. The monoisotopic (exact) mass is 348 g/mol. The van der Waals surface area contributed by atoms with Gasteiger partial charge in [-0.15, -0.1) is 0 Å². The summed E-state index contributed by atoms with van der Waals surface area (Å²) in [5, 5.41) is 2.59. The Morgan fingerprint density at radius 1 is 1.37 bits per heavy atom. The van der Waals surface area contributed by atoms with E-state index in [1.165, 1.54) is 14.1 Å². The molecule has 0 aliphatic carbocycles. The predicted molar refractivity (Wildman–Crippen MR) is 78.7 cm³/mol. The molecule has 0 atom stereocenters. The van der Waals surface area contributed by atoms with E-state index in [0.717, 1.165) is 14.3 Å². The summed E-state index contributed by atoms with van der Waals surface area (Å²) in [7, 11) is -0.349. The molecule has 0 bridgehead atoms. The number of sulfonamides is 1. The highest BCUT2D eigenvalue weighted by molar-refractivity contribution is 9.10. The largest absolute Gasteiger partial charge is 0.351 e. The minimum atomic E-state index is -3.28. The van der Waals surface area contributed by atoms with Crippen molar-refractivity contribution in [1.29, 1.82) is 0 Å². The first-order valence-corrected chi connectivity index (χ1v) is 8.09. The van der Waals surface area contributed by atoms with Gasteiger partial charge in [0.15, 0.2) is 0 Å². The molecule has 1 N–H and O–H groups in total. The number of aryl methyl sites for hydroxylation is 1. The van der Waals surface area contributed by atoms with Crippen LogP contribution < -0.4 is 5.32 Å². The van der Waals surface area contributed by atoms with Crippen molar-refractivity contribution in [2.24, 2.45) is 0 Å². The minimum absolute atomic E-state index is 0.0881. The molecule has 0 aliphatic rings. The Morgan fingerprint density at radius 2 is 2.00 bits per heavy atom. The van der Waals surface area contributed by atoms with Crippen LogP contribution in [0.2, 0.25) is 0 Å². The Kier molecular flexibility index (Phi) is 5.51. The smallest absolute Gasteiger partial charge is 0.251 e. The molecule has 1 amide bonds. The van der Waals surface area contributed by atoms with Gasteiger partial charge >= 0.3 is 0 Å². The summed E-state index contributed by atoms with van der Waals surface area (Å²) in [4.78, 5) is 11.8. The second-order valence-corrected chi connectivity index (χ2v) is 7.47. The van der Waals surface area contributed by atoms with Crippen LogP contribution in [0, 0.1) is 6.92 Å². The van der Waals surface area contributed by atoms with Crippen LogP contribution in [0.1, 0.15) is 15.9 Å². The maximum atomic E-state index is 11.8. The van der Waals surface area contributed by atoms with E-state index >= 15 is 0 Å². The molecule has 0 aliphatic heterocycles. The van der Waals surface area contributed by atoms with Crippen LogP contribution in [0.25, 0.3) is 0 Å². The molecule has 19 heavy (non-hydrogen) atoms. The normalized spacial score (nSPS) is 11.6. The van der Waals surface area contributed by atoms with Crippen LogP contribution in [-0.4, -0.2) is 45.0 Å². The number of carbonyl (C=O) groups is 1. The van der Waals surface area contributed by atoms with Crippen LogP contribution in [-0.2, 0) is 10.0 Å². The first-order chi connectivity index (χ1) is 8.74. The van der Waals surface area contributed by atoms with Gasteiger partial charge in [-0.25, -0.2) is 12.7 Å². The van der Waals surface area contributed by atoms with Gasteiger partial charge in [0, 0.05) is 30.7 Å². The lowest BCUT2D eigenvalue weighted by atomic mass is 10.1. The fraction of sp³-hybridized carbons (Fsp3) is 0.417. The van der Waals surface area contributed by atoms with Crippen LogP contribution in [0.15, 0.2) is 22.7 Å². The average molecular weight is 349 g/mol. The van der Waals surface area contributed by atoms with Crippen LogP contribution >= 0.6 is 15.9 Å². The number of halogens is 1. The molecule has 1 aromatic rings. The number of nitrogens with one attached hydrogen (secondary N) is 1. The van der Waals surface area contributed by atoms with Gasteiger partial charge in [0.1, 0.15) is 0 Å². The first-order valence-electron chi connectivity index (χ1n) is 5.68. The highest BCUT2D eigenvalue weighted by atomic mass is 79.9. The molecule has 0 fully saturated rings. The summed E-state index contributed by atoms with van der Waals surface area (Å²) in [5.74, 6) is -0.395. The molecule has 0 aromatic heterocycles. The third-order valence-electron chi connectivity index (χ3n) is 2.64. The molecular weight excluding hydrogens is 332 g/mol. The fourth-order valence-corrected chi connectivity index (χ4v) is 2.42. The number of benzene rings is 1. The Balaban J connectivity index is 2.59. The second kappa shape index (κ2) is 6.49. The first kappa shape index (κ1) is 16.1. The standard InChI is InChI=1S/C12H17BrN2O3S/c1-9-4-5-10(8-11(9)13)12(16)14-6-7-19(17,18)15(2)3/h4-5,8H,6-7H2,1-3H3,(H,14,16). The van der Waals surface area contributed by atoms with E-state index < -0.39 is 10.0 Å². The van der Waals surface area contributed by atoms with Gasteiger partial charge in [-0.3, -0.25) is 4.79 Å². The number of carbonyl (C=O) groups excluding carboxylic acids is 1. The molecule has 5 nitrogen and oxygen atoms in total. The Bertz CT molecular complexity index is 570. The summed E-state index contributed by atoms with van der Waals surface area (Å²) in [5.41, 5.74) is 1.53. The van der Waals surface area contributed by atoms with E-state index in [-0.39, 0.29) is 18.2 Å². The third-order valence-corrected chi connectivity index (χ3v) is 5.32. The van der Waals surface area contributed by atoms with Gasteiger partial charge in [-0.1, -0.05) is 22.0 Å². The van der Waals surface area contributed by atoms with Crippen molar-refractivity contribution in [1.82, 2.24) is 9.62 Å². The number of amides is 1. The van der Waals surface area contributed by atoms with Gasteiger partial charge < -0.3 is 5.32 Å². The number of rotatable bonds is 5. The van der Waals surface area contributed by atoms with Gasteiger partial charge in [0.05, 0.1) is 5.75 Å². The second-order valence-electron chi connectivity index (χ2n) is 4.32. The van der Waals surface area contributed by atoms with Gasteiger partial charge in [-0.2, -0.15) is 0 Å². The lowest BCUT2D eigenvalue weighted by molar-refractivity contribution is 0.0956. The lowest BCUT2D eigenvalue weighted by Gasteiger charge is -2.11. The SMILES string of the molecule is Cc1ccc(C(=O)NCCS(=O)(=O)N(C)C)cc1Br. The summed E-state index contributed by atoms with van der Waals surface area (Å²) < 4.78 is 25.0. The number of hydrogen-bond donors (Lipinski definition) is 1. The van der Waals surface area contributed by atoms with Crippen molar-refractivity contribution < 1.29 is 13.2 Å². The highest BCUT2D eigenvalue weighted by Gasteiger charge is 2.14. The third kappa shape index (κ3) is 4.59. The quantitative estimate of drug-likeness (QED) is 0.873. The topological polar surface area (TPSA) is 66.5 Å². The van der Waals surface area contributed by atoms with Crippen molar-refractivity contribution in [3.8, 4) is 0 Å². The Morgan fingerprint density at radius 3 is 2.53 bits per heavy atom. The zero-order chi connectivity index (χ0) is 14.6. The molecule has 0 saturated carbocycles.